The van der Waals surface area contributed by atoms with E-state index < -0.39 is 0 Å². The predicted octanol–water partition coefficient (Wildman–Crippen LogP) is -4.71. The van der Waals surface area contributed by atoms with Crippen LogP contribution in [-0.2, 0) is 0 Å². The molecule has 8 heavy (non-hydrogen) atoms. The Hall–Kier alpha value is 0.415. The van der Waals surface area contributed by atoms with E-state index in [0.717, 1.165) is 0 Å². The largest absolute Gasteiger partial charge is 1.00 e. The number of hydrogen-bond acceptors (Lipinski definition) is 0. The minimum atomic E-state index is 0. The summed E-state index contributed by atoms with van der Waals surface area (Å²) in [5.74, 6) is 0. The van der Waals surface area contributed by atoms with Crippen LogP contribution in [0.5, 0.6) is 0 Å². The van der Waals surface area contributed by atoms with Gasteiger partial charge in [0.25, 0.3) is 0 Å². The van der Waals surface area contributed by atoms with Crippen molar-refractivity contribution < 1.29 is 37.7 Å². The Kier molecular flexibility index (Phi) is 10.4. The molecule has 1 aromatic carbocycles. The molecule has 0 N–H and O–H groups in total. The molecule has 1 rings (SSSR count). The van der Waals surface area contributed by atoms with Crippen molar-refractivity contribution >= 4 is 0 Å². The normalized spacial score (nSPS) is 6.00. The zero-order valence-electron chi connectivity index (χ0n) is 5.31. The summed E-state index contributed by atoms with van der Waals surface area (Å²) in [5.41, 5.74) is 0. The van der Waals surface area contributed by atoms with Crippen molar-refractivity contribution in [2.24, 2.45) is 0 Å². The van der Waals surface area contributed by atoms with Gasteiger partial charge in [-0.3, -0.25) is 18.2 Å². The van der Waals surface area contributed by atoms with Crippen LogP contribution in [0.1, 0.15) is 0 Å². The molecule has 0 saturated carbocycles. The van der Waals surface area contributed by atoms with Gasteiger partial charge in [-0.2, -0.15) is 0 Å². The maximum Gasteiger partial charge on any atom is 1.00 e. The van der Waals surface area contributed by atoms with E-state index in [-0.39, 0.29) is 37.7 Å². The quantitative estimate of drug-likeness (QED) is 0.222. The van der Waals surface area contributed by atoms with Gasteiger partial charge in [-0.15, -0.1) is 0 Å². The standard InChI is InChI=1S/C6H4.2Li/c1-2-4-6-5-3-1;;/h1-3,6H;;/q-2;2*+1. The molecule has 0 spiro atoms. The van der Waals surface area contributed by atoms with E-state index in [0.29, 0.717) is 0 Å². The number of hydrogen-bond donors (Lipinski definition) is 0. The summed E-state index contributed by atoms with van der Waals surface area (Å²) in [6, 6.07) is 13.0. The van der Waals surface area contributed by atoms with E-state index in [1.54, 1.807) is 6.07 Å². The molecule has 0 saturated heterocycles. The first-order chi connectivity index (χ1) is 3.00. The molecule has 1 aromatic rings. The van der Waals surface area contributed by atoms with Crippen LogP contribution in [0.2, 0.25) is 0 Å². The molecular weight excluding hydrogens is 85.9 g/mol. The van der Waals surface area contributed by atoms with Crippen LogP contribution < -0.4 is 37.7 Å². The fraction of sp³-hybridized carbons (Fsp3) is 0. The molecule has 0 nitrogen and oxygen atoms in total. The average Bonchev–Trinajstić information content (AvgIpc) is 1.72. The van der Waals surface area contributed by atoms with Crippen LogP contribution in [0.3, 0.4) is 0 Å². The summed E-state index contributed by atoms with van der Waals surface area (Å²) in [6.45, 7) is 0. The first-order valence-corrected chi connectivity index (χ1v) is 1.82. The molecule has 0 radical (unpaired) electrons. The second-order valence-electron chi connectivity index (χ2n) is 1.00. The third-order valence-electron chi connectivity index (χ3n) is 0.552. The summed E-state index contributed by atoms with van der Waals surface area (Å²) in [6.07, 6.45) is 0. The van der Waals surface area contributed by atoms with Crippen molar-refractivity contribution in [3.63, 3.8) is 0 Å². The fourth-order valence-electron chi connectivity index (χ4n) is 0.304. The van der Waals surface area contributed by atoms with Crippen LogP contribution in [0.25, 0.3) is 0 Å². The van der Waals surface area contributed by atoms with Crippen molar-refractivity contribution in [1.82, 2.24) is 0 Å². The predicted molar refractivity (Wildman–Crippen MR) is 24.1 cm³/mol. The van der Waals surface area contributed by atoms with E-state index in [1.807, 2.05) is 18.2 Å². The Morgan fingerprint density at radius 1 is 0.875 bits per heavy atom. The van der Waals surface area contributed by atoms with Crippen LogP contribution in [0.4, 0.5) is 0 Å². The molecule has 0 aliphatic rings. The van der Waals surface area contributed by atoms with Crippen molar-refractivity contribution in [2.45, 2.75) is 0 Å². The van der Waals surface area contributed by atoms with Crippen molar-refractivity contribution in [1.29, 1.82) is 0 Å². The maximum absolute atomic E-state index is 2.84. The van der Waals surface area contributed by atoms with Gasteiger partial charge in [-0.05, 0) is 0 Å². The van der Waals surface area contributed by atoms with Gasteiger partial charge >= 0.3 is 37.7 Å². The van der Waals surface area contributed by atoms with Gasteiger partial charge in [0.05, 0.1) is 0 Å². The average molecular weight is 90.0 g/mol. The summed E-state index contributed by atoms with van der Waals surface area (Å²) in [5, 5.41) is 0. The second kappa shape index (κ2) is 7.41. The molecule has 0 unspecified atom stereocenters. The molecule has 0 aromatic heterocycles. The van der Waals surface area contributed by atoms with Crippen LogP contribution in [-0.4, -0.2) is 0 Å². The molecule has 30 valence electrons. The summed E-state index contributed by atoms with van der Waals surface area (Å²) < 4.78 is 0. The summed E-state index contributed by atoms with van der Waals surface area (Å²) in [4.78, 5) is 0. The third-order valence-corrected chi connectivity index (χ3v) is 0.552. The third kappa shape index (κ3) is 4.57. The fourth-order valence-corrected chi connectivity index (χ4v) is 0.304. The van der Waals surface area contributed by atoms with E-state index in [4.69, 9.17) is 0 Å². The summed E-state index contributed by atoms with van der Waals surface area (Å²) >= 11 is 0. The Bertz CT molecular complexity index is 78.5. The van der Waals surface area contributed by atoms with Crippen LogP contribution in [0, 0.1) is 12.1 Å². The molecule has 0 aliphatic heterocycles. The van der Waals surface area contributed by atoms with Crippen molar-refractivity contribution in [3.05, 3.63) is 36.4 Å². The van der Waals surface area contributed by atoms with Gasteiger partial charge in [0.1, 0.15) is 0 Å². The van der Waals surface area contributed by atoms with Crippen LogP contribution >= 0.6 is 0 Å². The van der Waals surface area contributed by atoms with E-state index in [1.165, 1.54) is 0 Å². The molecule has 0 bridgehead atoms. The Morgan fingerprint density at radius 3 is 1.50 bits per heavy atom. The zero-order valence-corrected chi connectivity index (χ0v) is 5.31. The van der Waals surface area contributed by atoms with Gasteiger partial charge in [0.2, 0.25) is 0 Å². The minimum Gasteiger partial charge on any atom is -0.359 e. The molecule has 0 atom stereocenters. The molecule has 0 amide bonds. The Labute approximate surface area is 74.0 Å². The SMILES string of the molecule is [Li+].[Li+].[c-]1c[c-]ccc1. The Morgan fingerprint density at radius 2 is 1.38 bits per heavy atom. The topological polar surface area (TPSA) is 0 Å². The smallest absolute Gasteiger partial charge is 0.359 e. The molecular formula is C6H4Li2. The number of benzene rings is 1. The van der Waals surface area contributed by atoms with Crippen molar-refractivity contribution in [2.75, 3.05) is 0 Å². The van der Waals surface area contributed by atoms with E-state index in [2.05, 4.69) is 12.1 Å². The first-order valence-electron chi connectivity index (χ1n) is 1.82. The van der Waals surface area contributed by atoms with Gasteiger partial charge in [0, 0.05) is 0 Å². The molecule has 0 aliphatic carbocycles. The van der Waals surface area contributed by atoms with E-state index >= 15 is 0 Å². The van der Waals surface area contributed by atoms with Gasteiger partial charge in [0.15, 0.2) is 0 Å². The molecule has 0 heterocycles. The first kappa shape index (κ1) is 11.2. The van der Waals surface area contributed by atoms with E-state index in [9.17, 15) is 0 Å². The zero-order chi connectivity index (χ0) is 4.24. The summed E-state index contributed by atoms with van der Waals surface area (Å²) in [7, 11) is 0. The van der Waals surface area contributed by atoms with Gasteiger partial charge in [-0.1, -0.05) is 0 Å². The maximum atomic E-state index is 2.84. The van der Waals surface area contributed by atoms with Gasteiger partial charge in [-0.25, -0.2) is 0 Å². The minimum absolute atomic E-state index is 0. The van der Waals surface area contributed by atoms with Crippen LogP contribution in [0.15, 0.2) is 24.3 Å². The number of rotatable bonds is 0. The monoisotopic (exact) mass is 90.1 g/mol. The van der Waals surface area contributed by atoms with Crippen molar-refractivity contribution in [3.8, 4) is 0 Å². The molecule has 0 fully saturated rings. The van der Waals surface area contributed by atoms with Gasteiger partial charge < -0.3 is 18.2 Å². The Balaban J connectivity index is 0. The molecule has 2 heteroatoms. The second-order valence-corrected chi connectivity index (χ2v) is 1.00.